The van der Waals surface area contributed by atoms with Gasteiger partial charge >= 0.3 is 0 Å². The van der Waals surface area contributed by atoms with Gasteiger partial charge < -0.3 is 10.6 Å². The number of unbranched alkanes of at least 4 members (excludes halogenated alkanes) is 1. The van der Waals surface area contributed by atoms with Crippen LogP contribution in [0.1, 0.15) is 44.9 Å². The molecule has 2 rings (SSSR count). The molecular formula is C16H32IN3S. The number of guanidine groups is 1. The van der Waals surface area contributed by atoms with Crippen molar-refractivity contribution in [1.29, 1.82) is 0 Å². The molecule has 5 heteroatoms. The van der Waals surface area contributed by atoms with Crippen molar-refractivity contribution in [2.75, 3.05) is 32.1 Å². The van der Waals surface area contributed by atoms with Crippen LogP contribution in [0.15, 0.2) is 4.99 Å². The summed E-state index contributed by atoms with van der Waals surface area (Å²) in [6.45, 7) is 2.12. The first-order valence-electron chi connectivity index (χ1n) is 8.27. The first-order chi connectivity index (χ1) is 9.83. The summed E-state index contributed by atoms with van der Waals surface area (Å²) in [7, 11) is 1.87. The fraction of sp³-hybridized carbons (Fsp3) is 0.938. The summed E-state index contributed by atoms with van der Waals surface area (Å²) < 4.78 is 0. The third-order valence-corrected chi connectivity index (χ3v) is 5.68. The molecule has 2 saturated carbocycles. The van der Waals surface area contributed by atoms with Gasteiger partial charge in [0.1, 0.15) is 0 Å². The van der Waals surface area contributed by atoms with Gasteiger partial charge in [-0.05, 0) is 68.3 Å². The van der Waals surface area contributed by atoms with Crippen LogP contribution < -0.4 is 10.6 Å². The summed E-state index contributed by atoms with van der Waals surface area (Å²) in [4.78, 5) is 4.31. The Hall–Kier alpha value is 0.350. The topological polar surface area (TPSA) is 36.4 Å². The molecule has 3 unspecified atom stereocenters. The average molecular weight is 425 g/mol. The monoisotopic (exact) mass is 425 g/mol. The van der Waals surface area contributed by atoms with E-state index in [1.807, 2.05) is 18.8 Å². The molecule has 2 fully saturated rings. The number of rotatable bonds is 8. The number of hydrogen-bond donors (Lipinski definition) is 2. The Morgan fingerprint density at radius 2 is 1.95 bits per heavy atom. The number of nitrogens with one attached hydrogen (secondary N) is 2. The van der Waals surface area contributed by atoms with Gasteiger partial charge in [0.25, 0.3) is 0 Å². The van der Waals surface area contributed by atoms with E-state index in [-0.39, 0.29) is 24.0 Å². The Morgan fingerprint density at radius 1 is 1.14 bits per heavy atom. The maximum absolute atomic E-state index is 4.31. The van der Waals surface area contributed by atoms with Gasteiger partial charge in [-0.1, -0.05) is 6.42 Å². The second-order valence-electron chi connectivity index (χ2n) is 6.35. The highest BCUT2D eigenvalue weighted by atomic mass is 127. The minimum Gasteiger partial charge on any atom is -0.356 e. The minimum atomic E-state index is 0. The fourth-order valence-electron chi connectivity index (χ4n) is 3.90. The van der Waals surface area contributed by atoms with Crippen LogP contribution in [0.2, 0.25) is 0 Å². The quantitative estimate of drug-likeness (QED) is 0.269. The second-order valence-corrected chi connectivity index (χ2v) is 7.33. The molecule has 124 valence electrons. The Bertz CT molecular complexity index is 312. The van der Waals surface area contributed by atoms with Crippen molar-refractivity contribution >= 4 is 41.7 Å². The van der Waals surface area contributed by atoms with E-state index in [9.17, 15) is 0 Å². The number of thioether (sulfide) groups is 1. The fourth-order valence-corrected chi connectivity index (χ4v) is 4.40. The first-order valence-corrected chi connectivity index (χ1v) is 9.66. The molecule has 0 amide bonds. The molecule has 0 heterocycles. The van der Waals surface area contributed by atoms with E-state index in [0.29, 0.717) is 0 Å². The predicted molar refractivity (Wildman–Crippen MR) is 106 cm³/mol. The van der Waals surface area contributed by atoms with Crippen LogP contribution in [-0.4, -0.2) is 38.1 Å². The van der Waals surface area contributed by atoms with E-state index in [0.717, 1.165) is 36.8 Å². The molecule has 2 bridgehead atoms. The van der Waals surface area contributed by atoms with Crippen LogP contribution in [0.4, 0.5) is 0 Å². The van der Waals surface area contributed by atoms with Gasteiger partial charge in [-0.15, -0.1) is 24.0 Å². The molecule has 2 aliphatic rings. The van der Waals surface area contributed by atoms with Crippen LogP contribution in [0.5, 0.6) is 0 Å². The lowest BCUT2D eigenvalue weighted by Crippen LogP contribution is -2.38. The summed E-state index contributed by atoms with van der Waals surface area (Å²) in [5.74, 6) is 5.35. The smallest absolute Gasteiger partial charge is 0.190 e. The normalized spacial score (nSPS) is 27.5. The molecule has 2 aliphatic carbocycles. The molecule has 0 spiro atoms. The number of halogens is 1. The van der Waals surface area contributed by atoms with Crippen molar-refractivity contribution in [1.82, 2.24) is 10.6 Å². The summed E-state index contributed by atoms with van der Waals surface area (Å²) >= 11 is 1.93. The molecule has 21 heavy (non-hydrogen) atoms. The summed E-state index contributed by atoms with van der Waals surface area (Å²) in [6, 6.07) is 0. The predicted octanol–water partition coefficient (Wildman–Crippen LogP) is 3.74. The molecule has 3 nitrogen and oxygen atoms in total. The SMILES string of the molecule is CN=C(NCCCCSC)NCCC1CC2CCC1C2.I. The summed E-state index contributed by atoms with van der Waals surface area (Å²) in [5, 5.41) is 6.90. The van der Waals surface area contributed by atoms with Gasteiger partial charge in [-0.25, -0.2) is 0 Å². The van der Waals surface area contributed by atoms with E-state index in [2.05, 4.69) is 21.9 Å². The molecule has 0 radical (unpaired) electrons. The summed E-state index contributed by atoms with van der Waals surface area (Å²) in [6.07, 6.45) is 12.0. The lowest BCUT2D eigenvalue weighted by atomic mass is 9.86. The zero-order valence-corrected chi connectivity index (χ0v) is 16.7. The maximum Gasteiger partial charge on any atom is 0.190 e. The Balaban J connectivity index is 0.00000220. The largest absolute Gasteiger partial charge is 0.356 e. The maximum atomic E-state index is 4.31. The van der Waals surface area contributed by atoms with Crippen molar-refractivity contribution in [3.05, 3.63) is 0 Å². The van der Waals surface area contributed by atoms with Crippen LogP contribution >= 0.6 is 35.7 Å². The second kappa shape index (κ2) is 11.0. The van der Waals surface area contributed by atoms with E-state index in [4.69, 9.17) is 0 Å². The highest BCUT2D eigenvalue weighted by molar-refractivity contribution is 14.0. The standard InChI is InChI=1S/C16H31N3S.HI/c1-17-16(18-8-3-4-10-20-2)19-9-7-15-12-13-5-6-14(15)11-13;/h13-15H,3-12H2,1-2H3,(H2,17,18,19);1H. The van der Waals surface area contributed by atoms with Crippen molar-refractivity contribution in [3.8, 4) is 0 Å². The van der Waals surface area contributed by atoms with Gasteiger partial charge in [0, 0.05) is 20.1 Å². The molecule has 0 aromatic carbocycles. The van der Waals surface area contributed by atoms with Gasteiger partial charge in [-0.2, -0.15) is 11.8 Å². The van der Waals surface area contributed by atoms with Crippen LogP contribution in [0.25, 0.3) is 0 Å². The molecule has 2 N–H and O–H groups in total. The average Bonchev–Trinajstić information content (AvgIpc) is 3.07. The highest BCUT2D eigenvalue weighted by Gasteiger charge is 2.38. The van der Waals surface area contributed by atoms with E-state index < -0.39 is 0 Å². The van der Waals surface area contributed by atoms with E-state index in [1.165, 1.54) is 50.7 Å². The van der Waals surface area contributed by atoms with Crippen LogP contribution in [0.3, 0.4) is 0 Å². The van der Waals surface area contributed by atoms with Gasteiger partial charge in [0.2, 0.25) is 0 Å². The van der Waals surface area contributed by atoms with Gasteiger partial charge in [-0.3, -0.25) is 4.99 Å². The van der Waals surface area contributed by atoms with Crippen LogP contribution in [-0.2, 0) is 0 Å². The highest BCUT2D eigenvalue weighted by Crippen LogP contribution is 2.49. The number of nitrogens with zero attached hydrogens (tertiary/aromatic N) is 1. The number of aliphatic imine (C=N–C) groups is 1. The lowest BCUT2D eigenvalue weighted by Gasteiger charge is -2.22. The van der Waals surface area contributed by atoms with E-state index >= 15 is 0 Å². The van der Waals surface area contributed by atoms with Crippen molar-refractivity contribution in [3.63, 3.8) is 0 Å². The third kappa shape index (κ3) is 6.55. The molecule has 0 saturated heterocycles. The van der Waals surface area contributed by atoms with Gasteiger partial charge in [0.05, 0.1) is 0 Å². The molecular weight excluding hydrogens is 393 g/mol. The zero-order valence-electron chi connectivity index (χ0n) is 13.6. The zero-order chi connectivity index (χ0) is 14.2. The van der Waals surface area contributed by atoms with Crippen molar-refractivity contribution in [2.45, 2.75) is 44.9 Å². The number of hydrogen-bond acceptors (Lipinski definition) is 2. The van der Waals surface area contributed by atoms with Crippen LogP contribution in [0, 0.1) is 17.8 Å². The minimum absolute atomic E-state index is 0. The molecule has 0 aromatic rings. The summed E-state index contributed by atoms with van der Waals surface area (Å²) in [5.41, 5.74) is 0. The molecule has 0 aliphatic heterocycles. The first kappa shape index (κ1) is 19.4. The van der Waals surface area contributed by atoms with Gasteiger partial charge in [0.15, 0.2) is 5.96 Å². The number of fused-ring (bicyclic) bond motifs is 2. The van der Waals surface area contributed by atoms with Crippen molar-refractivity contribution in [2.24, 2.45) is 22.7 Å². The lowest BCUT2D eigenvalue weighted by molar-refractivity contribution is 0.315. The Morgan fingerprint density at radius 3 is 2.57 bits per heavy atom. The molecule has 3 atom stereocenters. The molecule has 0 aromatic heterocycles. The Labute approximate surface area is 151 Å². The van der Waals surface area contributed by atoms with Crippen molar-refractivity contribution < 1.29 is 0 Å². The Kier molecular flexibility index (Phi) is 10.1. The third-order valence-electron chi connectivity index (χ3n) is 4.98. The van der Waals surface area contributed by atoms with E-state index in [1.54, 1.807) is 0 Å².